The Morgan fingerprint density at radius 1 is 1.46 bits per heavy atom. The Balaban J connectivity index is 2.30. The van der Waals surface area contributed by atoms with Crippen molar-refractivity contribution >= 4 is 23.2 Å². The van der Waals surface area contributed by atoms with Gasteiger partial charge in [0.2, 0.25) is 0 Å². The zero-order chi connectivity index (χ0) is 17.9. The average molecular weight is 364 g/mol. The number of pyridine rings is 1. The van der Waals surface area contributed by atoms with Gasteiger partial charge in [-0.2, -0.15) is 13.2 Å². The Hall–Kier alpha value is -1.80. The lowest BCUT2D eigenvalue weighted by Crippen LogP contribution is -2.27. The van der Waals surface area contributed by atoms with E-state index in [4.69, 9.17) is 16.3 Å². The highest BCUT2D eigenvalue weighted by Crippen LogP contribution is 2.33. The summed E-state index contributed by atoms with van der Waals surface area (Å²) in [6, 6.07) is 0.799. The number of carbonyl (C=O) groups excluding carboxylic acids is 1. The summed E-state index contributed by atoms with van der Waals surface area (Å²) < 4.78 is 45.1. The molecule has 0 radical (unpaired) electrons. The van der Waals surface area contributed by atoms with E-state index in [1.165, 1.54) is 0 Å². The van der Waals surface area contributed by atoms with Crippen LogP contribution in [0.1, 0.15) is 35.1 Å². The van der Waals surface area contributed by atoms with Gasteiger partial charge in [0.1, 0.15) is 5.69 Å². The average Bonchev–Trinajstić information content (AvgIpc) is 2.83. The number of ether oxygens (including phenoxy) is 1. The maximum Gasteiger partial charge on any atom is 0.417 e. The lowest BCUT2D eigenvalue weighted by Gasteiger charge is -2.10. The number of aromatic nitrogens is 2. The van der Waals surface area contributed by atoms with Gasteiger partial charge in [0.05, 0.1) is 16.3 Å². The fraction of sp³-hybridized carbons (Fsp3) is 0.467. The van der Waals surface area contributed by atoms with Crippen molar-refractivity contribution in [3.63, 3.8) is 0 Å². The van der Waals surface area contributed by atoms with Crippen molar-refractivity contribution in [3.05, 3.63) is 34.2 Å². The summed E-state index contributed by atoms with van der Waals surface area (Å²) in [5.74, 6) is -0.508. The summed E-state index contributed by atoms with van der Waals surface area (Å²) in [4.78, 5) is 16.4. The van der Waals surface area contributed by atoms with E-state index in [1.807, 2.05) is 6.92 Å². The van der Waals surface area contributed by atoms with Crippen LogP contribution in [0.2, 0.25) is 5.02 Å². The lowest BCUT2D eigenvalue weighted by molar-refractivity contribution is -0.137. The van der Waals surface area contributed by atoms with Crippen LogP contribution in [0.25, 0.3) is 5.65 Å². The molecule has 24 heavy (non-hydrogen) atoms. The lowest BCUT2D eigenvalue weighted by atomic mass is 10.2. The molecule has 1 amide bonds. The number of rotatable bonds is 6. The monoisotopic (exact) mass is 363 g/mol. The van der Waals surface area contributed by atoms with Crippen LogP contribution in [0.5, 0.6) is 0 Å². The highest BCUT2D eigenvalue weighted by atomic mass is 35.5. The molecule has 0 aliphatic carbocycles. The highest BCUT2D eigenvalue weighted by Gasteiger charge is 2.32. The van der Waals surface area contributed by atoms with Crippen LogP contribution in [0.15, 0.2) is 12.3 Å². The number of imidazole rings is 1. The van der Waals surface area contributed by atoms with Crippen molar-refractivity contribution in [2.75, 3.05) is 19.8 Å². The number of amides is 1. The molecule has 1 N–H and O–H groups in total. The first-order valence-corrected chi connectivity index (χ1v) is 7.74. The highest BCUT2D eigenvalue weighted by molar-refractivity contribution is 6.33. The molecule has 132 valence electrons. The van der Waals surface area contributed by atoms with Gasteiger partial charge in [-0.1, -0.05) is 11.6 Å². The van der Waals surface area contributed by atoms with Gasteiger partial charge in [0.15, 0.2) is 5.65 Å². The van der Waals surface area contributed by atoms with Crippen molar-refractivity contribution < 1.29 is 22.7 Å². The van der Waals surface area contributed by atoms with Crippen molar-refractivity contribution in [2.45, 2.75) is 26.4 Å². The molecular formula is C15H17ClF3N3O2. The van der Waals surface area contributed by atoms with Crippen LogP contribution in [0.3, 0.4) is 0 Å². The molecule has 9 heteroatoms. The van der Waals surface area contributed by atoms with Crippen LogP contribution in [-0.4, -0.2) is 35.1 Å². The summed E-state index contributed by atoms with van der Waals surface area (Å²) >= 11 is 5.89. The number of hydrogen-bond acceptors (Lipinski definition) is 3. The molecule has 0 aromatic carbocycles. The maximum absolute atomic E-state index is 12.9. The van der Waals surface area contributed by atoms with Crippen LogP contribution >= 0.6 is 11.6 Å². The van der Waals surface area contributed by atoms with Gasteiger partial charge in [-0.3, -0.25) is 9.20 Å². The number of halogens is 4. The summed E-state index contributed by atoms with van der Waals surface area (Å²) in [5.41, 5.74) is -0.489. The largest absolute Gasteiger partial charge is 0.417 e. The quantitative estimate of drug-likeness (QED) is 0.799. The second-order valence-corrected chi connectivity index (χ2v) is 5.53. The molecule has 2 aromatic rings. The Bertz CT molecular complexity index is 744. The minimum atomic E-state index is -4.57. The van der Waals surface area contributed by atoms with Gasteiger partial charge in [-0.05, 0) is 26.3 Å². The van der Waals surface area contributed by atoms with E-state index in [0.717, 1.165) is 16.7 Å². The predicted molar refractivity (Wildman–Crippen MR) is 83.4 cm³/mol. The van der Waals surface area contributed by atoms with Gasteiger partial charge in [0.25, 0.3) is 5.91 Å². The van der Waals surface area contributed by atoms with Gasteiger partial charge < -0.3 is 10.1 Å². The number of nitrogens with one attached hydrogen (secondary N) is 1. The van der Waals surface area contributed by atoms with Crippen LogP contribution in [0, 0.1) is 6.92 Å². The molecular weight excluding hydrogens is 347 g/mol. The van der Waals surface area contributed by atoms with E-state index in [2.05, 4.69) is 10.3 Å². The summed E-state index contributed by atoms with van der Waals surface area (Å²) in [6.07, 6.45) is -3.14. The number of alkyl halides is 3. The van der Waals surface area contributed by atoms with Crippen LogP contribution < -0.4 is 5.32 Å². The summed E-state index contributed by atoms with van der Waals surface area (Å²) in [6.45, 7) is 4.83. The maximum atomic E-state index is 12.9. The van der Waals surface area contributed by atoms with Gasteiger partial charge >= 0.3 is 6.18 Å². The molecule has 0 spiro atoms. The first kappa shape index (κ1) is 18.5. The molecule has 0 saturated heterocycles. The Morgan fingerprint density at radius 3 is 2.79 bits per heavy atom. The Kier molecular flexibility index (Phi) is 5.71. The third kappa shape index (κ3) is 3.99. The van der Waals surface area contributed by atoms with E-state index >= 15 is 0 Å². The van der Waals surface area contributed by atoms with E-state index in [1.54, 1.807) is 6.92 Å². The predicted octanol–water partition coefficient (Wildman–Crippen LogP) is 3.47. The zero-order valence-corrected chi connectivity index (χ0v) is 14.0. The number of hydrogen-bond donors (Lipinski definition) is 1. The number of carbonyl (C=O) groups is 1. The minimum Gasteiger partial charge on any atom is -0.382 e. The van der Waals surface area contributed by atoms with Gasteiger partial charge in [0, 0.05) is 26.0 Å². The fourth-order valence-electron chi connectivity index (χ4n) is 2.25. The van der Waals surface area contributed by atoms with Crippen LogP contribution in [-0.2, 0) is 10.9 Å². The van der Waals surface area contributed by atoms with E-state index < -0.39 is 17.6 Å². The van der Waals surface area contributed by atoms with E-state index in [0.29, 0.717) is 31.9 Å². The molecule has 5 nitrogen and oxygen atoms in total. The van der Waals surface area contributed by atoms with E-state index in [-0.39, 0.29) is 16.4 Å². The second-order valence-electron chi connectivity index (χ2n) is 5.12. The Morgan fingerprint density at radius 2 is 2.17 bits per heavy atom. The van der Waals surface area contributed by atoms with Crippen LogP contribution in [0.4, 0.5) is 13.2 Å². The zero-order valence-electron chi connectivity index (χ0n) is 13.2. The minimum absolute atomic E-state index is 0.0365. The molecule has 0 unspecified atom stereocenters. The SMILES string of the molecule is CCOCCCNC(=O)c1c(C)nc2c(Cl)cc(C(F)(F)F)cn12. The molecule has 2 rings (SSSR count). The first-order chi connectivity index (χ1) is 11.3. The van der Waals surface area contributed by atoms with Gasteiger partial charge in [-0.25, -0.2) is 4.98 Å². The molecule has 0 fully saturated rings. The normalized spacial score (nSPS) is 11.9. The van der Waals surface area contributed by atoms with E-state index in [9.17, 15) is 18.0 Å². The number of aryl methyl sites for hydroxylation is 1. The number of nitrogens with zero attached hydrogens (tertiary/aromatic N) is 2. The molecule has 2 heterocycles. The second kappa shape index (κ2) is 7.40. The molecule has 0 saturated carbocycles. The standard InChI is InChI=1S/C15H17ClF3N3O2/c1-3-24-6-4-5-20-14(23)12-9(2)21-13-11(16)7-10(8-22(12)13)15(17,18)19/h7-8H,3-6H2,1-2H3,(H,20,23). The van der Waals surface area contributed by atoms with Gasteiger partial charge in [-0.15, -0.1) is 0 Å². The topological polar surface area (TPSA) is 55.6 Å². The van der Waals surface area contributed by atoms with Crippen molar-refractivity contribution in [1.82, 2.24) is 14.7 Å². The van der Waals surface area contributed by atoms with Crippen molar-refractivity contribution in [2.24, 2.45) is 0 Å². The third-order valence-electron chi connectivity index (χ3n) is 3.35. The smallest absolute Gasteiger partial charge is 0.382 e. The molecule has 0 atom stereocenters. The summed E-state index contributed by atoms with van der Waals surface area (Å²) in [5, 5.41) is 2.49. The molecule has 2 aromatic heterocycles. The van der Waals surface area contributed by atoms with Crippen molar-refractivity contribution in [1.29, 1.82) is 0 Å². The third-order valence-corrected chi connectivity index (χ3v) is 3.63. The molecule has 0 aliphatic rings. The molecule has 0 aliphatic heterocycles. The van der Waals surface area contributed by atoms with Crippen molar-refractivity contribution in [3.8, 4) is 0 Å². The molecule has 0 bridgehead atoms. The summed E-state index contributed by atoms with van der Waals surface area (Å²) in [7, 11) is 0. The first-order valence-electron chi connectivity index (χ1n) is 7.37. The fourth-order valence-corrected chi connectivity index (χ4v) is 2.50. The Labute approximate surface area is 141 Å². The number of fused-ring (bicyclic) bond motifs is 1.